The van der Waals surface area contributed by atoms with Crippen molar-refractivity contribution < 1.29 is 24.2 Å². The van der Waals surface area contributed by atoms with Crippen molar-refractivity contribution in [1.82, 2.24) is 9.80 Å². The Hall–Kier alpha value is -3.49. The van der Waals surface area contributed by atoms with Crippen LogP contribution in [0.4, 0.5) is 5.69 Å². The summed E-state index contributed by atoms with van der Waals surface area (Å²) in [4.78, 5) is 47.9. The Morgan fingerprint density at radius 3 is 2.41 bits per heavy atom. The normalized spacial score (nSPS) is 29.1. The summed E-state index contributed by atoms with van der Waals surface area (Å²) in [6.45, 7) is 13.7. The number of hydrogen-bond donors (Lipinski definition) is 1. The molecular formula is C33H41N3O5. The Labute approximate surface area is 242 Å². The van der Waals surface area contributed by atoms with Gasteiger partial charge in [-0.2, -0.15) is 0 Å². The van der Waals surface area contributed by atoms with Crippen molar-refractivity contribution in [2.45, 2.75) is 56.9 Å². The molecule has 5 rings (SSSR count). The number of carbonyl (C=O) groups is 3. The molecule has 8 nitrogen and oxygen atoms in total. The van der Waals surface area contributed by atoms with Gasteiger partial charge in [-0.1, -0.05) is 56.3 Å². The number of rotatable bonds is 10. The largest absolute Gasteiger partial charge is 0.394 e. The maximum atomic E-state index is 14.8. The highest BCUT2D eigenvalue weighted by atomic mass is 16.5. The van der Waals surface area contributed by atoms with Crippen LogP contribution in [0.5, 0.6) is 0 Å². The Bertz CT molecular complexity index is 1390. The van der Waals surface area contributed by atoms with Crippen molar-refractivity contribution in [2.24, 2.45) is 17.8 Å². The van der Waals surface area contributed by atoms with E-state index >= 15 is 0 Å². The van der Waals surface area contributed by atoms with Crippen molar-refractivity contribution >= 4 is 34.2 Å². The molecular weight excluding hydrogens is 518 g/mol. The van der Waals surface area contributed by atoms with E-state index < -0.39 is 35.1 Å². The Morgan fingerprint density at radius 2 is 1.78 bits per heavy atom. The Morgan fingerprint density at radius 1 is 1.10 bits per heavy atom. The predicted molar refractivity (Wildman–Crippen MR) is 159 cm³/mol. The topological polar surface area (TPSA) is 90.4 Å². The molecule has 2 bridgehead atoms. The molecule has 8 heteroatoms. The van der Waals surface area contributed by atoms with Crippen LogP contribution >= 0.6 is 0 Å². The maximum Gasteiger partial charge on any atom is 0.253 e. The van der Waals surface area contributed by atoms with Crippen molar-refractivity contribution in [3.8, 4) is 0 Å². The van der Waals surface area contributed by atoms with E-state index in [1.807, 2.05) is 63.2 Å². The fourth-order valence-electron chi connectivity index (χ4n) is 7.46. The van der Waals surface area contributed by atoms with E-state index in [4.69, 9.17) is 4.74 Å². The molecule has 41 heavy (non-hydrogen) atoms. The van der Waals surface area contributed by atoms with Gasteiger partial charge in [-0.05, 0) is 48.6 Å². The molecule has 0 saturated carbocycles. The minimum atomic E-state index is -1.18. The highest BCUT2D eigenvalue weighted by Gasteiger charge is 2.79. The van der Waals surface area contributed by atoms with E-state index in [-0.39, 0.29) is 36.8 Å². The number of hydrogen-bond acceptors (Lipinski definition) is 5. The summed E-state index contributed by atoms with van der Waals surface area (Å²) in [6.07, 6.45) is 4.34. The summed E-state index contributed by atoms with van der Waals surface area (Å²) >= 11 is 0. The molecule has 0 aliphatic carbocycles. The number of aliphatic hydroxyl groups excluding tert-OH is 1. The Balaban J connectivity index is 1.64. The van der Waals surface area contributed by atoms with E-state index in [0.717, 1.165) is 10.8 Å². The number of anilines is 1. The maximum absolute atomic E-state index is 14.8. The minimum absolute atomic E-state index is 0.131. The van der Waals surface area contributed by atoms with Gasteiger partial charge in [0.25, 0.3) is 5.91 Å². The smallest absolute Gasteiger partial charge is 0.253 e. The average molecular weight is 560 g/mol. The number of likely N-dealkylation sites (N-methyl/N-ethyl adjacent to an activating group) is 1. The predicted octanol–water partition coefficient (Wildman–Crippen LogP) is 3.78. The number of nitrogens with zero attached hydrogens (tertiary/aromatic N) is 3. The number of ether oxygens (including phenoxy) is 1. The molecule has 2 aromatic rings. The lowest BCUT2D eigenvalue weighted by Gasteiger charge is -2.40. The van der Waals surface area contributed by atoms with Gasteiger partial charge in [0.15, 0.2) is 0 Å². The second kappa shape index (κ2) is 10.7. The summed E-state index contributed by atoms with van der Waals surface area (Å²) in [5, 5.41) is 12.5. The highest BCUT2D eigenvalue weighted by Crippen LogP contribution is 2.64. The third kappa shape index (κ3) is 4.39. The monoisotopic (exact) mass is 559 g/mol. The molecule has 6 atom stereocenters. The van der Waals surface area contributed by atoms with Gasteiger partial charge >= 0.3 is 0 Å². The summed E-state index contributed by atoms with van der Waals surface area (Å²) in [5.41, 5.74) is -1.38. The molecule has 2 unspecified atom stereocenters. The van der Waals surface area contributed by atoms with Crippen LogP contribution in [0.15, 0.2) is 67.8 Å². The van der Waals surface area contributed by atoms with Crippen LogP contribution in [-0.4, -0.2) is 82.7 Å². The van der Waals surface area contributed by atoms with Crippen molar-refractivity contribution in [3.63, 3.8) is 0 Å². The molecule has 3 aliphatic rings. The molecule has 0 aromatic heterocycles. The zero-order valence-corrected chi connectivity index (χ0v) is 24.5. The molecule has 0 radical (unpaired) electrons. The summed E-state index contributed by atoms with van der Waals surface area (Å²) < 4.78 is 6.79. The molecule has 3 fully saturated rings. The lowest BCUT2D eigenvalue weighted by atomic mass is 9.66. The lowest BCUT2D eigenvalue weighted by Crippen LogP contribution is -2.60. The van der Waals surface area contributed by atoms with Gasteiger partial charge in [0, 0.05) is 25.8 Å². The number of aliphatic hydroxyl groups is 1. The van der Waals surface area contributed by atoms with Crippen LogP contribution in [0.25, 0.3) is 10.8 Å². The van der Waals surface area contributed by atoms with Gasteiger partial charge in [-0.15, -0.1) is 13.2 Å². The van der Waals surface area contributed by atoms with E-state index in [0.29, 0.717) is 25.1 Å². The van der Waals surface area contributed by atoms with Crippen LogP contribution in [0, 0.1) is 17.8 Å². The van der Waals surface area contributed by atoms with E-state index in [2.05, 4.69) is 13.2 Å². The van der Waals surface area contributed by atoms with Gasteiger partial charge in [-0.25, -0.2) is 0 Å². The van der Waals surface area contributed by atoms with E-state index in [1.54, 1.807) is 33.9 Å². The third-order valence-electron chi connectivity index (χ3n) is 9.43. The SMILES string of the molecule is C=CCN(C)C(=O)[C@@H]1[C@H]2C(=O)N([C@@H](CO)C(C)C)C(C(=O)N(CC=C)c3ccc4ccccc4c3)C23CC[C@@]1(C)O3. The van der Waals surface area contributed by atoms with Gasteiger partial charge in [0.1, 0.15) is 11.6 Å². The number of fused-ring (bicyclic) bond motifs is 2. The van der Waals surface area contributed by atoms with Gasteiger partial charge in [-0.3, -0.25) is 14.4 Å². The summed E-state index contributed by atoms with van der Waals surface area (Å²) in [5.74, 6) is -2.50. The molecule has 3 amide bonds. The van der Waals surface area contributed by atoms with Crippen molar-refractivity contribution in [3.05, 3.63) is 67.8 Å². The molecule has 3 saturated heterocycles. The second-order valence-corrected chi connectivity index (χ2v) is 12.2. The molecule has 3 heterocycles. The second-order valence-electron chi connectivity index (χ2n) is 12.2. The van der Waals surface area contributed by atoms with Crippen LogP contribution < -0.4 is 4.90 Å². The Kier molecular flexibility index (Phi) is 7.59. The van der Waals surface area contributed by atoms with Crippen LogP contribution in [0.2, 0.25) is 0 Å². The number of benzene rings is 2. The van der Waals surface area contributed by atoms with E-state index in [9.17, 15) is 19.5 Å². The molecule has 1 spiro atoms. The molecule has 218 valence electrons. The summed E-state index contributed by atoms with van der Waals surface area (Å²) in [6, 6.07) is 12.1. The zero-order chi connectivity index (χ0) is 29.7. The van der Waals surface area contributed by atoms with Crippen molar-refractivity contribution in [1.29, 1.82) is 0 Å². The number of amides is 3. The van der Waals surface area contributed by atoms with Gasteiger partial charge in [0.05, 0.1) is 30.1 Å². The number of likely N-dealkylation sites (tertiary alicyclic amines) is 1. The first-order chi connectivity index (χ1) is 19.5. The van der Waals surface area contributed by atoms with Gasteiger partial charge in [0.2, 0.25) is 11.8 Å². The summed E-state index contributed by atoms with van der Waals surface area (Å²) in [7, 11) is 1.70. The fourth-order valence-corrected chi connectivity index (χ4v) is 7.46. The minimum Gasteiger partial charge on any atom is -0.394 e. The first-order valence-corrected chi connectivity index (χ1v) is 14.4. The molecule has 3 aliphatic heterocycles. The average Bonchev–Trinajstić information content (AvgIpc) is 3.52. The van der Waals surface area contributed by atoms with Crippen LogP contribution in [0.3, 0.4) is 0 Å². The first-order valence-electron chi connectivity index (χ1n) is 14.4. The number of carbonyl (C=O) groups excluding carboxylic acids is 3. The van der Waals surface area contributed by atoms with Crippen LogP contribution in [0.1, 0.15) is 33.6 Å². The quantitative estimate of drug-likeness (QED) is 0.448. The fraction of sp³-hybridized carbons (Fsp3) is 0.485. The van der Waals surface area contributed by atoms with Gasteiger partial charge < -0.3 is 24.5 Å². The highest BCUT2D eigenvalue weighted by molar-refractivity contribution is 6.06. The first kappa shape index (κ1) is 29.0. The van der Waals surface area contributed by atoms with Crippen molar-refractivity contribution in [2.75, 3.05) is 31.6 Å². The standard InChI is InChI=1S/C33H41N3O5/c1-7-17-34(6)29(38)26-27-30(39)36(25(20-37)21(3)4)28(33(27)16-15-32(26,5)41-33)31(40)35(18-8-2)24-14-13-22-11-9-10-12-23(22)19-24/h7-14,19,21,25-28,37H,1-2,15-18,20H2,3-6H3/t25-,26-,27-,28?,32+,33?/m0/s1. The molecule has 2 aromatic carbocycles. The molecule has 1 N–H and O–H groups in total. The third-order valence-corrected chi connectivity index (χ3v) is 9.43. The van der Waals surface area contributed by atoms with Crippen LogP contribution in [-0.2, 0) is 19.1 Å². The van der Waals surface area contributed by atoms with E-state index in [1.165, 1.54) is 0 Å². The lowest BCUT2D eigenvalue weighted by molar-refractivity contribution is -0.152. The zero-order valence-electron chi connectivity index (χ0n) is 24.5.